The van der Waals surface area contributed by atoms with E-state index in [9.17, 15) is 4.39 Å². The molecular weight excluding hydrogens is 263 g/mol. The zero-order valence-corrected chi connectivity index (χ0v) is 12.3. The van der Waals surface area contributed by atoms with Crippen LogP contribution in [0.2, 0.25) is 0 Å². The van der Waals surface area contributed by atoms with Crippen LogP contribution in [0.5, 0.6) is 0 Å². The fourth-order valence-electron chi connectivity index (χ4n) is 3.09. The van der Waals surface area contributed by atoms with Crippen molar-refractivity contribution in [2.75, 3.05) is 20.1 Å². The molecule has 0 radical (unpaired) electrons. The SMILES string of the molecule is CN(Cc1ccc(F)cc1)CC1CNCc2ccccc21. The van der Waals surface area contributed by atoms with E-state index in [1.54, 1.807) is 0 Å². The second-order valence-corrected chi connectivity index (χ2v) is 5.85. The average Bonchev–Trinajstić information content (AvgIpc) is 2.50. The number of nitrogens with one attached hydrogen (secondary N) is 1. The van der Waals surface area contributed by atoms with E-state index in [1.165, 1.54) is 23.3 Å². The van der Waals surface area contributed by atoms with Crippen molar-refractivity contribution in [3.05, 3.63) is 71.0 Å². The summed E-state index contributed by atoms with van der Waals surface area (Å²) in [6.45, 7) is 3.83. The highest BCUT2D eigenvalue weighted by Gasteiger charge is 2.20. The normalized spacial score (nSPS) is 17.8. The largest absolute Gasteiger partial charge is 0.312 e. The van der Waals surface area contributed by atoms with Crippen LogP contribution >= 0.6 is 0 Å². The molecule has 0 amide bonds. The van der Waals surface area contributed by atoms with Gasteiger partial charge in [0.05, 0.1) is 0 Å². The smallest absolute Gasteiger partial charge is 0.123 e. The summed E-state index contributed by atoms with van der Waals surface area (Å²) in [5.41, 5.74) is 4.02. The van der Waals surface area contributed by atoms with Crippen LogP contribution in [-0.4, -0.2) is 25.0 Å². The van der Waals surface area contributed by atoms with Gasteiger partial charge in [0.1, 0.15) is 5.82 Å². The quantitative estimate of drug-likeness (QED) is 0.928. The summed E-state index contributed by atoms with van der Waals surface area (Å²) >= 11 is 0. The van der Waals surface area contributed by atoms with Gasteiger partial charge in [0.15, 0.2) is 0 Å². The minimum Gasteiger partial charge on any atom is -0.312 e. The highest BCUT2D eigenvalue weighted by molar-refractivity contribution is 5.33. The van der Waals surface area contributed by atoms with Gasteiger partial charge in [-0.1, -0.05) is 36.4 Å². The van der Waals surface area contributed by atoms with E-state index >= 15 is 0 Å². The van der Waals surface area contributed by atoms with Crippen LogP contribution in [-0.2, 0) is 13.1 Å². The van der Waals surface area contributed by atoms with E-state index in [1.807, 2.05) is 12.1 Å². The number of likely N-dealkylation sites (N-methyl/N-ethyl adjacent to an activating group) is 1. The van der Waals surface area contributed by atoms with Gasteiger partial charge in [0, 0.05) is 32.1 Å². The maximum absolute atomic E-state index is 12.9. The topological polar surface area (TPSA) is 15.3 Å². The molecule has 21 heavy (non-hydrogen) atoms. The van der Waals surface area contributed by atoms with Crippen molar-refractivity contribution in [2.24, 2.45) is 0 Å². The third kappa shape index (κ3) is 3.49. The Morgan fingerprint density at radius 1 is 1.14 bits per heavy atom. The first-order valence-corrected chi connectivity index (χ1v) is 7.44. The first kappa shape index (κ1) is 14.2. The third-order valence-electron chi connectivity index (χ3n) is 4.10. The maximum atomic E-state index is 12.9. The van der Waals surface area contributed by atoms with Gasteiger partial charge in [-0.2, -0.15) is 0 Å². The molecule has 0 spiro atoms. The van der Waals surface area contributed by atoms with Crippen LogP contribution in [0, 0.1) is 5.82 Å². The van der Waals surface area contributed by atoms with Crippen LogP contribution in [0.4, 0.5) is 4.39 Å². The van der Waals surface area contributed by atoms with Gasteiger partial charge >= 0.3 is 0 Å². The molecule has 1 aliphatic heterocycles. The molecule has 0 saturated heterocycles. The summed E-state index contributed by atoms with van der Waals surface area (Å²) in [6.07, 6.45) is 0. The molecule has 1 unspecified atom stereocenters. The molecule has 3 heteroatoms. The summed E-state index contributed by atoms with van der Waals surface area (Å²) in [7, 11) is 2.13. The van der Waals surface area contributed by atoms with Crippen molar-refractivity contribution in [1.82, 2.24) is 10.2 Å². The van der Waals surface area contributed by atoms with Crippen molar-refractivity contribution < 1.29 is 4.39 Å². The molecule has 1 N–H and O–H groups in total. The van der Waals surface area contributed by atoms with E-state index in [0.717, 1.165) is 31.7 Å². The van der Waals surface area contributed by atoms with Crippen LogP contribution in [0.25, 0.3) is 0 Å². The Balaban J connectivity index is 1.65. The van der Waals surface area contributed by atoms with Crippen molar-refractivity contribution in [3.8, 4) is 0 Å². The van der Waals surface area contributed by atoms with Crippen molar-refractivity contribution in [3.63, 3.8) is 0 Å². The molecule has 0 bridgehead atoms. The molecule has 1 atom stereocenters. The van der Waals surface area contributed by atoms with Gasteiger partial charge in [-0.3, -0.25) is 0 Å². The molecule has 1 heterocycles. The number of fused-ring (bicyclic) bond motifs is 1. The van der Waals surface area contributed by atoms with Crippen molar-refractivity contribution in [2.45, 2.75) is 19.0 Å². The minimum atomic E-state index is -0.174. The lowest BCUT2D eigenvalue weighted by molar-refractivity contribution is 0.293. The summed E-state index contributed by atoms with van der Waals surface area (Å²) in [5.74, 6) is 0.340. The van der Waals surface area contributed by atoms with Crippen LogP contribution in [0.3, 0.4) is 0 Å². The molecule has 0 saturated carbocycles. The predicted octanol–water partition coefficient (Wildman–Crippen LogP) is 3.14. The molecule has 1 aliphatic rings. The Morgan fingerprint density at radius 2 is 1.90 bits per heavy atom. The van der Waals surface area contributed by atoms with Gasteiger partial charge < -0.3 is 10.2 Å². The third-order valence-corrected chi connectivity index (χ3v) is 4.10. The van der Waals surface area contributed by atoms with Gasteiger partial charge in [0.2, 0.25) is 0 Å². The van der Waals surface area contributed by atoms with Crippen molar-refractivity contribution in [1.29, 1.82) is 0 Å². The van der Waals surface area contributed by atoms with E-state index in [2.05, 4.69) is 41.5 Å². The van der Waals surface area contributed by atoms with Crippen molar-refractivity contribution >= 4 is 0 Å². The van der Waals surface area contributed by atoms with Crippen LogP contribution < -0.4 is 5.32 Å². The molecular formula is C18H21FN2. The van der Waals surface area contributed by atoms with Gasteiger partial charge in [-0.25, -0.2) is 4.39 Å². The molecule has 3 rings (SSSR count). The second-order valence-electron chi connectivity index (χ2n) is 5.85. The zero-order valence-electron chi connectivity index (χ0n) is 12.3. The standard InChI is InChI=1S/C18H21FN2/c1-21(12-14-6-8-17(19)9-7-14)13-16-11-20-10-15-4-2-3-5-18(15)16/h2-9,16,20H,10-13H2,1H3. The summed E-state index contributed by atoms with van der Waals surface area (Å²) < 4.78 is 12.9. The number of hydrogen-bond donors (Lipinski definition) is 1. The molecule has 2 nitrogen and oxygen atoms in total. The Kier molecular flexibility index (Phi) is 4.32. The Hall–Kier alpha value is -1.71. The lowest BCUT2D eigenvalue weighted by atomic mass is 9.90. The van der Waals surface area contributed by atoms with Crippen LogP contribution in [0.1, 0.15) is 22.6 Å². The molecule has 110 valence electrons. The number of benzene rings is 2. The number of rotatable bonds is 4. The Labute approximate surface area is 125 Å². The second kappa shape index (κ2) is 6.37. The number of hydrogen-bond acceptors (Lipinski definition) is 2. The zero-order chi connectivity index (χ0) is 14.7. The highest BCUT2D eigenvalue weighted by Crippen LogP contribution is 2.24. The van der Waals surface area contributed by atoms with Crippen LogP contribution in [0.15, 0.2) is 48.5 Å². The van der Waals surface area contributed by atoms with E-state index in [0.29, 0.717) is 5.92 Å². The van der Waals surface area contributed by atoms with Gasteiger partial charge in [-0.15, -0.1) is 0 Å². The fourth-order valence-corrected chi connectivity index (χ4v) is 3.09. The molecule has 2 aromatic rings. The summed E-state index contributed by atoms with van der Waals surface area (Å²) in [5, 5.41) is 3.49. The maximum Gasteiger partial charge on any atom is 0.123 e. The number of halogens is 1. The summed E-state index contributed by atoms with van der Waals surface area (Å²) in [4.78, 5) is 2.31. The molecule has 0 aliphatic carbocycles. The average molecular weight is 284 g/mol. The lowest BCUT2D eigenvalue weighted by Crippen LogP contribution is -2.35. The molecule has 0 fully saturated rings. The first-order valence-electron chi connectivity index (χ1n) is 7.44. The number of nitrogens with zero attached hydrogens (tertiary/aromatic N) is 1. The van der Waals surface area contributed by atoms with E-state index in [-0.39, 0.29) is 5.82 Å². The highest BCUT2D eigenvalue weighted by atomic mass is 19.1. The Bertz CT molecular complexity index is 594. The van der Waals surface area contributed by atoms with E-state index in [4.69, 9.17) is 0 Å². The fraction of sp³-hybridized carbons (Fsp3) is 0.333. The Morgan fingerprint density at radius 3 is 2.71 bits per heavy atom. The predicted molar refractivity (Wildman–Crippen MR) is 83.6 cm³/mol. The van der Waals surface area contributed by atoms with E-state index < -0.39 is 0 Å². The van der Waals surface area contributed by atoms with Gasteiger partial charge in [-0.05, 0) is 35.9 Å². The summed E-state index contributed by atoms with van der Waals surface area (Å²) in [6, 6.07) is 15.4. The first-order chi connectivity index (χ1) is 10.2. The lowest BCUT2D eigenvalue weighted by Gasteiger charge is -2.30. The van der Waals surface area contributed by atoms with Gasteiger partial charge in [0.25, 0.3) is 0 Å². The molecule has 2 aromatic carbocycles. The minimum absolute atomic E-state index is 0.174. The monoisotopic (exact) mass is 284 g/mol. The molecule has 0 aromatic heterocycles.